The summed E-state index contributed by atoms with van der Waals surface area (Å²) >= 11 is 0. The number of carbonyl (C=O) groups excluding carboxylic acids is 1. The van der Waals surface area contributed by atoms with Gasteiger partial charge in [-0.15, -0.1) is 0 Å². The van der Waals surface area contributed by atoms with E-state index in [-0.39, 0.29) is 5.91 Å². The Labute approximate surface area is 92.8 Å². The van der Waals surface area contributed by atoms with Crippen molar-refractivity contribution in [3.8, 4) is 0 Å². The maximum Gasteiger partial charge on any atom is 0.239 e. The van der Waals surface area contributed by atoms with E-state index in [9.17, 15) is 4.79 Å². The van der Waals surface area contributed by atoms with Crippen molar-refractivity contribution >= 4 is 5.91 Å². The lowest BCUT2D eigenvalue weighted by Crippen LogP contribution is -2.54. The average molecular weight is 212 g/mol. The molecular formula is C12H24N2O. The van der Waals surface area contributed by atoms with Crippen LogP contribution in [0.4, 0.5) is 0 Å². The van der Waals surface area contributed by atoms with E-state index in [1.54, 1.807) is 6.92 Å². The molecule has 1 saturated carbocycles. The van der Waals surface area contributed by atoms with Crippen LogP contribution in [0.15, 0.2) is 0 Å². The Kier molecular flexibility index (Phi) is 4.14. The van der Waals surface area contributed by atoms with Crippen molar-refractivity contribution in [3.05, 3.63) is 0 Å². The minimum Gasteiger partial charge on any atom is -0.352 e. The van der Waals surface area contributed by atoms with Crippen molar-refractivity contribution in [1.29, 1.82) is 0 Å². The molecule has 1 fully saturated rings. The normalized spacial score (nSPS) is 30.7. The zero-order valence-corrected chi connectivity index (χ0v) is 10.2. The van der Waals surface area contributed by atoms with E-state index in [0.717, 1.165) is 18.8 Å². The topological polar surface area (TPSA) is 55.1 Å². The fraction of sp³-hybridized carbons (Fsp3) is 0.917. The van der Waals surface area contributed by atoms with Crippen LogP contribution in [0.3, 0.4) is 0 Å². The van der Waals surface area contributed by atoms with Gasteiger partial charge in [-0.3, -0.25) is 4.79 Å². The molecule has 0 aromatic heterocycles. The summed E-state index contributed by atoms with van der Waals surface area (Å²) in [6.45, 7) is 6.00. The molecular weight excluding hydrogens is 188 g/mol. The lowest BCUT2D eigenvalue weighted by Gasteiger charge is -2.31. The standard InChI is InChI=1S/C12H24N2O/c1-4-12(3,13)11(15)14-10-7-5-6-9(2)8-10/h9-10H,4-8,13H2,1-3H3,(H,14,15). The molecule has 0 spiro atoms. The number of rotatable bonds is 3. The molecule has 0 saturated heterocycles. The van der Waals surface area contributed by atoms with Gasteiger partial charge in [0.25, 0.3) is 0 Å². The quantitative estimate of drug-likeness (QED) is 0.749. The third-order valence-electron chi connectivity index (χ3n) is 3.52. The first-order chi connectivity index (χ1) is 6.95. The molecule has 1 amide bonds. The SMILES string of the molecule is CCC(C)(N)C(=O)NC1CCCC(C)C1. The summed E-state index contributed by atoms with van der Waals surface area (Å²) in [6, 6.07) is 0.343. The molecule has 88 valence electrons. The van der Waals surface area contributed by atoms with Crippen LogP contribution < -0.4 is 11.1 Å². The van der Waals surface area contributed by atoms with Crippen molar-refractivity contribution in [2.24, 2.45) is 11.7 Å². The molecule has 3 heteroatoms. The third-order valence-corrected chi connectivity index (χ3v) is 3.52. The zero-order valence-electron chi connectivity index (χ0n) is 10.2. The summed E-state index contributed by atoms with van der Waals surface area (Å²) in [5.74, 6) is 0.735. The summed E-state index contributed by atoms with van der Waals surface area (Å²) in [7, 11) is 0. The number of hydrogen-bond donors (Lipinski definition) is 2. The van der Waals surface area contributed by atoms with Gasteiger partial charge in [-0.2, -0.15) is 0 Å². The Morgan fingerprint density at radius 1 is 1.53 bits per heavy atom. The highest BCUT2D eigenvalue weighted by atomic mass is 16.2. The van der Waals surface area contributed by atoms with Gasteiger partial charge in [0.05, 0.1) is 5.54 Å². The Bertz CT molecular complexity index is 226. The minimum absolute atomic E-state index is 0.00380. The average Bonchev–Trinajstić information content (AvgIpc) is 2.17. The predicted molar refractivity (Wildman–Crippen MR) is 62.4 cm³/mol. The van der Waals surface area contributed by atoms with E-state index in [1.807, 2.05) is 6.92 Å². The van der Waals surface area contributed by atoms with E-state index in [2.05, 4.69) is 12.2 Å². The van der Waals surface area contributed by atoms with Gasteiger partial charge in [-0.1, -0.05) is 26.7 Å². The molecule has 1 aliphatic rings. The van der Waals surface area contributed by atoms with Crippen LogP contribution in [-0.2, 0) is 4.79 Å². The molecule has 3 atom stereocenters. The molecule has 0 aromatic rings. The second kappa shape index (κ2) is 4.97. The highest BCUT2D eigenvalue weighted by Crippen LogP contribution is 2.23. The first kappa shape index (κ1) is 12.5. The summed E-state index contributed by atoms with van der Waals surface area (Å²) in [5.41, 5.74) is 5.19. The molecule has 1 aliphatic carbocycles. The third kappa shape index (κ3) is 3.49. The Balaban J connectivity index is 2.44. The fourth-order valence-corrected chi connectivity index (χ4v) is 2.08. The number of nitrogens with two attached hydrogens (primary N) is 1. The van der Waals surface area contributed by atoms with Crippen molar-refractivity contribution in [2.75, 3.05) is 0 Å². The number of amides is 1. The molecule has 15 heavy (non-hydrogen) atoms. The first-order valence-corrected chi connectivity index (χ1v) is 6.05. The molecule has 3 N–H and O–H groups in total. The van der Waals surface area contributed by atoms with Crippen LogP contribution in [-0.4, -0.2) is 17.5 Å². The zero-order chi connectivity index (χ0) is 11.5. The highest BCUT2D eigenvalue weighted by molar-refractivity contribution is 5.85. The van der Waals surface area contributed by atoms with Crippen LogP contribution in [0.2, 0.25) is 0 Å². The maximum absolute atomic E-state index is 11.8. The molecule has 0 aromatic carbocycles. The summed E-state index contributed by atoms with van der Waals surface area (Å²) in [5, 5.41) is 3.08. The molecule has 3 unspecified atom stereocenters. The van der Waals surface area contributed by atoms with Gasteiger partial charge >= 0.3 is 0 Å². The number of carbonyl (C=O) groups is 1. The molecule has 1 rings (SSSR count). The van der Waals surface area contributed by atoms with Gasteiger partial charge in [0.1, 0.15) is 0 Å². The molecule has 0 bridgehead atoms. The lowest BCUT2D eigenvalue weighted by molar-refractivity contribution is -0.126. The molecule has 0 aliphatic heterocycles. The van der Waals surface area contributed by atoms with Gasteiger partial charge < -0.3 is 11.1 Å². The Morgan fingerprint density at radius 2 is 2.20 bits per heavy atom. The number of nitrogens with one attached hydrogen (secondary N) is 1. The molecule has 0 heterocycles. The largest absolute Gasteiger partial charge is 0.352 e. The van der Waals surface area contributed by atoms with E-state index in [1.165, 1.54) is 12.8 Å². The smallest absolute Gasteiger partial charge is 0.239 e. The van der Waals surface area contributed by atoms with Gasteiger partial charge in [-0.05, 0) is 32.1 Å². The molecule has 0 radical (unpaired) electrons. The van der Waals surface area contributed by atoms with Gasteiger partial charge in [0.15, 0.2) is 0 Å². The fourth-order valence-electron chi connectivity index (χ4n) is 2.08. The van der Waals surface area contributed by atoms with Crippen LogP contribution in [0.1, 0.15) is 52.9 Å². The predicted octanol–water partition coefficient (Wildman–Crippen LogP) is 1.81. The van der Waals surface area contributed by atoms with Gasteiger partial charge in [-0.25, -0.2) is 0 Å². The second-order valence-corrected chi connectivity index (χ2v) is 5.21. The van der Waals surface area contributed by atoms with Gasteiger partial charge in [0.2, 0.25) is 5.91 Å². The van der Waals surface area contributed by atoms with Crippen LogP contribution in [0, 0.1) is 5.92 Å². The highest BCUT2D eigenvalue weighted by Gasteiger charge is 2.29. The summed E-state index contributed by atoms with van der Waals surface area (Å²) in [6.07, 6.45) is 5.40. The number of hydrogen-bond acceptors (Lipinski definition) is 2. The second-order valence-electron chi connectivity index (χ2n) is 5.21. The summed E-state index contributed by atoms with van der Waals surface area (Å²) in [4.78, 5) is 11.8. The Morgan fingerprint density at radius 3 is 2.73 bits per heavy atom. The maximum atomic E-state index is 11.8. The van der Waals surface area contributed by atoms with Crippen molar-refractivity contribution in [2.45, 2.75) is 64.5 Å². The lowest BCUT2D eigenvalue weighted by atomic mass is 9.86. The van der Waals surface area contributed by atoms with Crippen LogP contribution >= 0.6 is 0 Å². The monoisotopic (exact) mass is 212 g/mol. The van der Waals surface area contributed by atoms with Crippen molar-refractivity contribution in [3.63, 3.8) is 0 Å². The van der Waals surface area contributed by atoms with E-state index in [0.29, 0.717) is 12.5 Å². The van der Waals surface area contributed by atoms with Crippen LogP contribution in [0.5, 0.6) is 0 Å². The minimum atomic E-state index is -0.708. The van der Waals surface area contributed by atoms with E-state index >= 15 is 0 Å². The summed E-state index contributed by atoms with van der Waals surface area (Å²) < 4.78 is 0. The van der Waals surface area contributed by atoms with E-state index in [4.69, 9.17) is 5.73 Å². The van der Waals surface area contributed by atoms with Gasteiger partial charge in [0, 0.05) is 6.04 Å². The van der Waals surface area contributed by atoms with E-state index < -0.39 is 5.54 Å². The molecule has 3 nitrogen and oxygen atoms in total. The van der Waals surface area contributed by atoms with Crippen LogP contribution in [0.25, 0.3) is 0 Å². The van der Waals surface area contributed by atoms with Crippen molar-refractivity contribution in [1.82, 2.24) is 5.32 Å². The van der Waals surface area contributed by atoms with Crippen molar-refractivity contribution < 1.29 is 4.79 Å². The first-order valence-electron chi connectivity index (χ1n) is 6.05. The Hall–Kier alpha value is -0.570.